The lowest BCUT2D eigenvalue weighted by atomic mass is 10.0. The third kappa shape index (κ3) is 9.81. The molecule has 0 aliphatic carbocycles. The summed E-state index contributed by atoms with van der Waals surface area (Å²) in [7, 11) is 1.53. The van der Waals surface area contributed by atoms with Crippen molar-refractivity contribution in [2.45, 2.75) is 24.0 Å². The molecule has 6 aromatic rings. The van der Waals surface area contributed by atoms with E-state index in [2.05, 4.69) is 16.0 Å². The molecule has 3 N–H and O–H groups in total. The Labute approximate surface area is 333 Å². The van der Waals surface area contributed by atoms with E-state index in [4.69, 9.17) is 9.47 Å². The van der Waals surface area contributed by atoms with Crippen LogP contribution in [0.15, 0.2) is 149 Å². The number of anilines is 2. The number of esters is 1. The van der Waals surface area contributed by atoms with Gasteiger partial charge in [0.15, 0.2) is 0 Å². The summed E-state index contributed by atoms with van der Waals surface area (Å²) in [5, 5.41) is 10.2. The van der Waals surface area contributed by atoms with Crippen LogP contribution in [0.5, 0.6) is 5.75 Å². The molecule has 0 bridgehead atoms. The van der Waals surface area contributed by atoms with Gasteiger partial charge >= 0.3 is 5.97 Å². The number of hydrogen-bond donors (Lipinski definition) is 3. The van der Waals surface area contributed by atoms with Crippen molar-refractivity contribution in [2.75, 3.05) is 24.4 Å². The van der Waals surface area contributed by atoms with Crippen molar-refractivity contribution < 1.29 is 28.7 Å². The first-order valence-corrected chi connectivity index (χ1v) is 19.5. The van der Waals surface area contributed by atoms with Crippen LogP contribution in [0.25, 0.3) is 17.2 Å². The summed E-state index contributed by atoms with van der Waals surface area (Å²) in [5.41, 5.74) is 5.06. The van der Waals surface area contributed by atoms with Gasteiger partial charge in [0.1, 0.15) is 27.3 Å². The lowest BCUT2D eigenvalue weighted by molar-refractivity contribution is -0.116. The maximum Gasteiger partial charge on any atom is 0.341 e. The molecule has 0 fully saturated rings. The highest BCUT2D eigenvalue weighted by Crippen LogP contribution is 2.40. The number of nitrogens with one attached hydrogen (secondary N) is 3. The molecule has 9 nitrogen and oxygen atoms in total. The molecule has 0 saturated heterocycles. The van der Waals surface area contributed by atoms with Crippen molar-refractivity contribution in [2.24, 2.45) is 0 Å². The fraction of sp³-hybridized carbons (Fsp3) is 0.111. The van der Waals surface area contributed by atoms with E-state index in [0.29, 0.717) is 43.6 Å². The Balaban J connectivity index is 1.27. The van der Waals surface area contributed by atoms with Gasteiger partial charge in [0.25, 0.3) is 11.8 Å². The van der Waals surface area contributed by atoms with Gasteiger partial charge in [-0.2, -0.15) is 0 Å². The molecule has 1 heterocycles. The summed E-state index contributed by atoms with van der Waals surface area (Å²) in [6, 6.07) is 40.0. The molecule has 1 unspecified atom stereocenters. The van der Waals surface area contributed by atoms with Gasteiger partial charge in [-0.15, -0.1) is 23.1 Å². The standard InChI is InChI=1S/C45H39N3O6S2/c1-4-54-45(52)39-36(30-24-22-29(2)23-25-30)28-55-44(39)48-43(51)40(31-14-7-5-8-15-31)56-35-20-13-19-34(27-35)46-42(50)37(26-33-18-11-12-21-38(33)53-3)47-41(49)32-16-9-6-10-17-32/h5-28,40H,4H2,1-3H3,(H,46,50)(H,47,49)(H,48,51)/b37-26+. The van der Waals surface area contributed by atoms with E-state index < -0.39 is 23.0 Å². The average Bonchev–Trinajstić information content (AvgIpc) is 3.64. The van der Waals surface area contributed by atoms with Crippen LogP contribution in [0, 0.1) is 6.92 Å². The number of thioether (sulfide) groups is 1. The second-order valence-electron chi connectivity index (χ2n) is 12.4. The molecule has 0 aliphatic rings. The van der Waals surface area contributed by atoms with Crippen molar-refractivity contribution in [3.63, 3.8) is 0 Å². The minimum absolute atomic E-state index is 0.00121. The SMILES string of the molecule is CCOC(=O)c1c(-c2ccc(C)cc2)csc1NC(=O)C(Sc1cccc(NC(=O)/C(=C\c2ccccc2OC)NC(=O)c2ccccc2)c1)c1ccccc1. The highest BCUT2D eigenvalue weighted by Gasteiger charge is 2.28. The van der Waals surface area contributed by atoms with Crippen LogP contribution in [0.3, 0.4) is 0 Å². The van der Waals surface area contributed by atoms with Gasteiger partial charge in [-0.1, -0.05) is 103 Å². The smallest absolute Gasteiger partial charge is 0.341 e. The minimum Gasteiger partial charge on any atom is -0.496 e. The van der Waals surface area contributed by atoms with E-state index in [-0.39, 0.29) is 18.2 Å². The van der Waals surface area contributed by atoms with Gasteiger partial charge in [0, 0.05) is 32.7 Å². The third-order valence-corrected chi connectivity index (χ3v) is 10.7. The Hall–Kier alpha value is -6.43. The summed E-state index contributed by atoms with van der Waals surface area (Å²) < 4.78 is 10.9. The Bertz CT molecular complexity index is 2360. The number of rotatable bonds is 14. The molecule has 282 valence electrons. The summed E-state index contributed by atoms with van der Waals surface area (Å²) in [6.45, 7) is 3.91. The van der Waals surface area contributed by atoms with Gasteiger partial charge in [-0.3, -0.25) is 14.4 Å². The topological polar surface area (TPSA) is 123 Å². The Morgan fingerprint density at radius 2 is 1.50 bits per heavy atom. The zero-order valence-electron chi connectivity index (χ0n) is 30.9. The number of benzene rings is 5. The van der Waals surface area contributed by atoms with E-state index in [1.165, 1.54) is 30.2 Å². The van der Waals surface area contributed by atoms with Crippen molar-refractivity contribution in [1.82, 2.24) is 5.32 Å². The highest BCUT2D eigenvalue weighted by atomic mass is 32.2. The van der Waals surface area contributed by atoms with E-state index in [1.807, 2.05) is 85.1 Å². The molecule has 0 spiro atoms. The van der Waals surface area contributed by atoms with Crippen molar-refractivity contribution >= 4 is 63.6 Å². The maximum atomic E-state index is 14.2. The fourth-order valence-electron chi connectivity index (χ4n) is 5.74. The lowest BCUT2D eigenvalue weighted by Crippen LogP contribution is -2.30. The highest BCUT2D eigenvalue weighted by molar-refractivity contribution is 8.00. The van der Waals surface area contributed by atoms with Crippen LogP contribution < -0.4 is 20.7 Å². The first-order chi connectivity index (χ1) is 27.2. The second-order valence-corrected chi connectivity index (χ2v) is 14.5. The monoisotopic (exact) mass is 781 g/mol. The number of hydrogen-bond acceptors (Lipinski definition) is 8. The molecule has 1 aromatic heterocycles. The van der Waals surface area contributed by atoms with Crippen molar-refractivity contribution in [1.29, 1.82) is 0 Å². The van der Waals surface area contributed by atoms with E-state index in [1.54, 1.807) is 73.7 Å². The van der Waals surface area contributed by atoms with Gasteiger partial charge in [0.2, 0.25) is 5.91 Å². The van der Waals surface area contributed by atoms with Gasteiger partial charge in [-0.25, -0.2) is 4.79 Å². The number of para-hydroxylation sites is 1. The molecule has 0 radical (unpaired) electrons. The normalized spacial score (nSPS) is 11.6. The number of thiophene rings is 1. The number of aryl methyl sites for hydroxylation is 1. The molecule has 11 heteroatoms. The third-order valence-electron chi connectivity index (χ3n) is 8.52. The maximum absolute atomic E-state index is 14.2. The van der Waals surface area contributed by atoms with Gasteiger partial charge in [0.05, 0.1) is 13.7 Å². The molecule has 0 aliphatic heterocycles. The van der Waals surface area contributed by atoms with Crippen LogP contribution in [0.4, 0.5) is 10.7 Å². The Morgan fingerprint density at radius 3 is 2.21 bits per heavy atom. The zero-order valence-corrected chi connectivity index (χ0v) is 32.5. The van der Waals surface area contributed by atoms with E-state index in [9.17, 15) is 19.2 Å². The van der Waals surface area contributed by atoms with Gasteiger partial charge < -0.3 is 25.4 Å². The first-order valence-electron chi connectivity index (χ1n) is 17.7. The molecular formula is C45H39N3O6S2. The van der Waals surface area contributed by atoms with Crippen LogP contribution in [0.1, 0.15) is 49.6 Å². The summed E-state index contributed by atoms with van der Waals surface area (Å²) >= 11 is 2.55. The predicted octanol–water partition coefficient (Wildman–Crippen LogP) is 9.79. The largest absolute Gasteiger partial charge is 0.496 e. The Morgan fingerprint density at radius 1 is 0.804 bits per heavy atom. The molecule has 3 amide bonds. The molecule has 6 rings (SSSR count). The first kappa shape index (κ1) is 39.3. The molecular weight excluding hydrogens is 743 g/mol. The number of ether oxygens (including phenoxy) is 2. The minimum atomic E-state index is -0.742. The fourth-order valence-corrected chi connectivity index (χ4v) is 7.79. The molecule has 0 saturated carbocycles. The number of carbonyl (C=O) groups excluding carboxylic acids is 4. The second kappa shape index (κ2) is 18.7. The number of methoxy groups -OCH3 is 1. The lowest BCUT2D eigenvalue weighted by Gasteiger charge is -2.18. The number of amides is 3. The van der Waals surface area contributed by atoms with Crippen molar-refractivity contribution in [3.05, 3.63) is 172 Å². The average molecular weight is 782 g/mol. The van der Waals surface area contributed by atoms with Crippen molar-refractivity contribution in [3.8, 4) is 16.9 Å². The van der Waals surface area contributed by atoms with Crippen LogP contribution >= 0.6 is 23.1 Å². The van der Waals surface area contributed by atoms with Gasteiger partial charge in [-0.05, 0) is 67.4 Å². The molecule has 1 atom stereocenters. The zero-order chi connectivity index (χ0) is 39.4. The molecule has 5 aromatic carbocycles. The van der Waals surface area contributed by atoms with Crippen LogP contribution in [0.2, 0.25) is 0 Å². The predicted molar refractivity (Wildman–Crippen MR) is 224 cm³/mol. The van der Waals surface area contributed by atoms with Crippen LogP contribution in [-0.4, -0.2) is 37.4 Å². The number of carbonyl (C=O) groups is 4. The quantitative estimate of drug-likeness (QED) is 0.0572. The summed E-state index contributed by atoms with van der Waals surface area (Å²) in [5.74, 6) is -1.35. The molecule has 56 heavy (non-hydrogen) atoms. The Kier molecular flexibility index (Phi) is 13.1. The van der Waals surface area contributed by atoms with E-state index in [0.717, 1.165) is 16.7 Å². The van der Waals surface area contributed by atoms with Crippen LogP contribution in [-0.2, 0) is 14.3 Å². The summed E-state index contributed by atoms with van der Waals surface area (Å²) in [4.78, 5) is 55.3. The van der Waals surface area contributed by atoms with E-state index >= 15 is 0 Å². The summed E-state index contributed by atoms with van der Waals surface area (Å²) in [6.07, 6.45) is 1.56.